The highest BCUT2D eigenvalue weighted by atomic mass is 16.2. The Morgan fingerprint density at radius 2 is 1.76 bits per heavy atom. The minimum atomic E-state index is -0.780. The Hall–Kier alpha value is -2.37. The van der Waals surface area contributed by atoms with Crippen molar-refractivity contribution in [3.63, 3.8) is 0 Å². The lowest BCUT2D eigenvalue weighted by Crippen LogP contribution is -2.51. The highest BCUT2D eigenvalue weighted by Gasteiger charge is 2.55. The molecule has 1 aromatic carbocycles. The Labute approximate surface area is 172 Å². The molecular formula is C23H31N3O3. The number of nitrogens with one attached hydrogen (secondary N) is 1. The van der Waals surface area contributed by atoms with E-state index in [4.69, 9.17) is 0 Å². The van der Waals surface area contributed by atoms with Crippen LogP contribution < -0.4 is 5.32 Å². The first kappa shape index (κ1) is 19.9. The Kier molecular flexibility index (Phi) is 5.13. The molecule has 6 nitrogen and oxygen atoms in total. The summed E-state index contributed by atoms with van der Waals surface area (Å²) in [6.07, 6.45) is 5.16. The van der Waals surface area contributed by atoms with E-state index in [1.807, 2.05) is 4.90 Å². The number of hydrogen-bond donors (Lipinski definition) is 1. The zero-order valence-corrected chi connectivity index (χ0v) is 17.6. The molecule has 3 fully saturated rings. The molecule has 4 amide bonds. The van der Waals surface area contributed by atoms with E-state index in [2.05, 4.69) is 43.4 Å². The molecule has 29 heavy (non-hydrogen) atoms. The highest BCUT2D eigenvalue weighted by Crippen LogP contribution is 2.37. The molecule has 0 bridgehead atoms. The van der Waals surface area contributed by atoms with Gasteiger partial charge in [0, 0.05) is 12.6 Å². The standard InChI is InChI=1S/C23H31N3O3/c1-15(2)18-8-6-17(7-9-18)14-25(19-10-11-19)20(27)16(3)26-21(28)23(24-22(26)29)12-4-5-13-23/h6-9,15-16,19H,4-5,10-14H2,1-3H3,(H,24,29). The minimum absolute atomic E-state index is 0.140. The lowest BCUT2D eigenvalue weighted by Gasteiger charge is -2.30. The molecule has 6 heteroatoms. The van der Waals surface area contributed by atoms with Crippen molar-refractivity contribution in [3.8, 4) is 0 Å². The third kappa shape index (κ3) is 3.65. The van der Waals surface area contributed by atoms with Gasteiger partial charge in [0.25, 0.3) is 5.91 Å². The predicted octanol–water partition coefficient (Wildman–Crippen LogP) is 3.55. The average molecular weight is 398 g/mol. The largest absolute Gasteiger partial charge is 0.334 e. The van der Waals surface area contributed by atoms with E-state index in [0.717, 1.165) is 31.2 Å². The SMILES string of the molecule is CC(C)c1ccc(CN(C(=O)C(C)N2C(=O)NC3(CCCC3)C2=O)C2CC2)cc1. The number of hydrogen-bond acceptors (Lipinski definition) is 3. The molecule has 2 aliphatic carbocycles. The van der Waals surface area contributed by atoms with Crippen molar-refractivity contribution in [2.24, 2.45) is 0 Å². The fraction of sp³-hybridized carbons (Fsp3) is 0.609. The zero-order valence-electron chi connectivity index (χ0n) is 17.6. The van der Waals surface area contributed by atoms with E-state index in [1.54, 1.807) is 6.92 Å². The van der Waals surface area contributed by atoms with Gasteiger partial charge in [-0.2, -0.15) is 0 Å². The lowest BCUT2D eigenvalue weighted by atomic mass is 9.97. The summed E-state index contributed by atoms with van der Waals surface area (Å²) in [7, 11) is 0. The molecular weight excluding hydrogens is 366 g/mol. The Balaban J connectivity index is 1.50. The highest BCUT2D eigenvalue weighted by molar-refractivity contribution is 6.10. The summed E-state index contributed by atoms with van der Waals surface area (Å²) in [6, 6.07) is 7.37. The maximum Gasteiger partial charge on any atom is 0.325 e. The average Bonchev–Trinajstić information content (AvgIpc) is 3.38. The molecule has 1 unspecified atom stereocenters. The number of benzene rings is 1. The van der Waals surface area contributed by atoms with Crippen LogP contribution in [0, 0.1) is 0 Å². The molecule has 1 heterocycles. The summed E-state index contributed by atoms with van der Waals surface area (Å²) in [5, 5.41) is 2.88. The van der Waals surface area contributed by atoms with Crippen molar-refractivity contribution in [1.82, 2.24) is 15.1 Å². The predicted molar refractivity (Wildman–Crippen MR) is 110 cm³/mol. The van der Waals surface area contributed by atoms with Crippen molar-refractivity contribution in [2.75, 3.05) is 0 Å². The molecule has 2 saturated carbocycles. The van der Waals surface area contributed by atoms with Crippen molar-refractivity contribution in [3.05, 3.63) is 35.4 Å². The van der Waals surface area contributed by atoms with Crippen LogP contribution in [0.5, 0.6) is 0 Å². The Morgan fingerprint density at radius 3 is 2.31 bits per heavy atom. The van der Waals surface area contributed by atoms with Crippen LogP contribution in [0.3, 0.4) is 0 Å². The lowest BCUT2D eigenvalue weighted by molar-refractivity contribution is -0.143. The van der Waals surface area contributed by atoms with Crippen LogP contribution in [0.4, 0.5) is 4.79 Å². The van der Waals surface area contributed by atoms with Gasteiger partial charge in [-0.05, 0) is 49.7 Å². The molecule has 0 aromatic heterocycles. The summed E-state index contributed by atoms with van der Waals surface area (Å²) < 4.78 is 0. The molecule has 1 saturated heterocycles. The van der Waals surface area contributed by atoms with Gasteiger partial charge in [0.1, 0.15) is 11.6 Å². The Morgan fingerprint density at radius 1 is 1.14 bits per heavy atom. The van der Waals surface area contributed by atoms with Gasteiger partial charge in [0.15, 0.2) is 0 Å². The smallest absolute Gasteiger partial charge is 0.325 e. The molecule has 1 spiro atoms. The normalized spacial score (nSPS) is 21.7. The van der Waals surface area contributed by atoms with Crippen LogP contribution in [-0.2, 0) is 16.1 Å². The van der Waals surface area contributed by atoms with Gasteiger partial charge >= 0.3 is 6.03 Å². The second-order valence-electron chi connectivity index (χ2n) is 9.16. The topological polar surface area (TPSA) is 69.7 Å². The van der Waals surface area contributed by atoms with Gasteiger partial charge in [0.2, 0.25) is 5.91 Å². The molecule has 156 valence electrons. The van der Waals surface area contributed by atoms with Gasteiger partial charge in [-0.15, -0.1) is 0 Å². The molecule has 1 aliphatic heterocycles. The minimum Gasteiger partial charge on any atom is -0.334 e. The van der Waals surface area contributed by atoms with Crippen LogP contribution in [0.25, 0.3) is 0 Å². The maximum absolute atomic E-state index is 13.3. The summed E-state index contributed by atoms with van der Waals surface area (Å²) in [6.45, 7) is 6.52. The summed E-state index contributed by atoms with van der Waals surface area (Å²) in [4.78, 5) is 42.0. The number of nitrogens with zero attached hydrogens (tertiary/aromatic N) is 2. The monoisotopic (exact) mass is 397 g/mol. The first-order valence-electron chi connectivity index (χ1n) is 10.9. The van der Waals surface area contributed by atoms with Gasteiger partial charge in [-0.1, -0.05) is 51.0 Å². The van der Waals surface area contributed by atoms with Crippen LogP contribution >= 0.6 is 0 Å². The molecule has 4 rings (SSSR count). The fourth-order valence-corrected chi connectivity index (χ4v) is 4.64. The van der Waals surface area contributed by atoms with Gasteiger partial charge < -0.3 is 10.2 Å². The van der Waals surface area contributed by atoms with Crippen molar-refractivity contribution >= 4 is 17.8 Å². The number of carbonyl (C=O) groups excluding carboxylic acids is 3. The number of rotatable bonds is 6. The molecule has 0 radical (unpaired) electrons. The first-order valence-corrected chi connectivity index (χ1v) is 10.9. The summed E-state index contributed by atoms with van der Waals surface area (Å²) in [5.41, 5.74) is 1.57. The second kappa shape index (κ2) is 7.47. The molecule has 1 aromatic rings. The van der Waals surface area contributed by atoms with Gasteiger partial charge in [0.05, 0.1) is 0 Å². The number of urea groups is 1. The summed E-state index contributed by atoms with van der Waals surface area (Å²) in [5.74, 6) is 0.102. The quantitative estimate of drug-likeness (QED) is 0.746. The van der Waals surface area contributed by atoms with Crippen LogP contribution in [-0.4, -0.2) is 45.3 Å². The van der Waals surface area contributed by atoms with E-state index in [1.165, 1.54) is 10.5 Å². The third-order valence-corrected chi connectivity index (χ3v) is 6.67. The van der Waals surface area contributed by atoms with Crippen LogP contribution in [0.1, 0.15) is 76.3 Å². The van der Waals surface area contributed by atoms with Crippen LogP contribution in [0.15, 0.2) is 24.3 Å². The van der Waals surface area contributed by atoms with E-state index >= 15 is 0 Å². The van der Waals surface area contributed by atoms with Gasteiger partial charge in [-0.3, -0.25) is 9.59 Å². The molecule has 1 N–H and O–H groups in total. The van der Waals surface area contributed by atoms with Gasteiger partial charge in [-0.25, -0.2) is 9.69 Å². The first-order chi connectivity index (χ1) is 13.8. The molecule has 1 atom stereocenters. The number of imide groups is 1. The zero-order chi connectivity index (χ0) is 20.8. The van der Waals surface area contributed by atoms with E-state index in [-0.39, 0.29) is 17.9 Å². The number of amides is 4. The Bertz CT molecular complexity index is 807. The summed E-state index contributed by atoms with van der Waals surface area (Å²) >= 11 is 0. The van der Waals surface area contributed by atoms with Crippen molar-refractivity contribution < 1.29 is 14.4 Å². The number of carbonyl (C=O) groups is 3. The van der Waals surface area contributed by atoms with E-state index in [0.29, 0.717) is 25.3 Å². The second-order valence-corrected chi connectivity index (χ2v) is 9.16. The van der Waals surface area contributed by atoms with E-state index < -0.39 is 17.6 Å². The third-order valence-electron chi connectivity index (χ3n) is 6.67. The van der Waals surface area contributed by atoms with Crippen LogP contribution in [0.2, 0.25) is 0 Å². The van der Waals surface area contributed by atoms with Crippen molar-refractivity contribution in [2.45, 2.75) is 89.4 Å². The molecule has 3 aliphatic rings. The fourth-order valence-electron chi connectivity index (χ4n) is 4.64. The van der Waals surface area contributed by atoms with E-state index in [9.17, 15) is 14.4 Å². The van der Waals surface area contributed by atoms with Crippen molar-refractivity contribution in [1.29, 1.82) is 0 Å². The maximum atomic E-state index is 13.3.